The molecule has 140 valence electrons. The van der Waals surface area contributed by atoms with E-state index in [0.717, 1.165) is 11.4 Å². The van der Waals surface area contributed by atoms with Crippen molar-refractivity contribution < 1.29 is 4.79 Å². The van der Waals surface area contributed by atoms with Gasteiger partial charge in [-0.25, -0.2) is 9.36 Å². The molecule has 7 heteroatoms. The van der Waals surface area contributed by atoms with Gasteiger partial charge in [-0.05, 0) is 44.2 Å². The highest BCUT2D eigenvalue weighted by Crippen LogP contribution is 2.18. The van der Waals surface area contributed by atoms with Crippen LogP contribution in [0, 0.1) is 6.92 Å². The van der Waals surface area contributed by atoms with Gasteiger partial charge in [-0.3, -0.25) is 9.59 Å². The third-order valence-electron chi connectivity index (χ3n) is 4.56. The predicted molar refractivity (Wildman–Crippen MR) is 108 cm³/mol. The summed E-state index contributed by atoms with van der Waals surface area (Å²) in [6.45, 7) is 4.17. The van der Waals surface area contributed by atoms with Gasteiger partial charge in [0.15, 0.2) is 5.69 Å². The normalized spacial score (nSPS) is 10.9. The van der Waals surface area contributed by atoms with Crippen molar-refractivity contribution >= 4 is 22.4 Å². The minimum absolute atomic E-state index is 0.203. The van der Waals surface area contributed by atoms with Crippen LogP contribution in [0.25, 0.3) is 16.5 Å². The minimum atomic E-state index is -0.368. The highest BCUT2D eigenvalue weighted by Gasteiger charge is 2.16. The number of anilines is 1. The molecule has 2 aromatic carbocycles. The molecule has 1 amide bonds. The number of nitrogens with one attached hydrogen (secondary N) is 1. The van der Waals surface area contributed by atoms with Crippen LogP contribution in [0.5, 0.6) is 0 Å². The van der Waals surface area contributed by atoms with Gasteiger partial charge in [0.25, 0.3) is 11.5 Å². The number of nitrogens with zero attached hydrogens (tertiary/aromatic N) is 4. The summed E-state index contributed by atoms with van der Waals surface area (Å²) in [5.41, 5.74) is 2.48. The SMILES string of the molecule is CCn1nc(C(=O)Nc2cccc(-n3nccc3C)c2)c2ccccc2c1=O. The van der Waals surface area contributed by atoms with Gasteiger partial charge in [-0.2, -0.15) is 10.2 Å². The lowest BCUT2D eigenvalue weighted by Gasteiger charge is -2.11. The first-order valence-corrected chi connectivity index (χ1v) is 9.00. The summed E-state index contributed by atoms with van der Waals surface area (Å²) in [4.78, 5) is 25.4. The number of carbonyl (C=O) groups excluding carboxylic acids is 1. The fraction of sp³-hybridized carbons (Fsp3) is 0.143. The maximum absolute atomic E-state index is 13.0. The van der Waals surface area contributed by atoms with Gasteiger partial charge in [0.1, 0.15) is 0 Å². The molecule has 0 aliphatic heterocycles. The Morgan fingerprint density at radius 1 is 1.07 bits per heavy atom. The third-order valence-corrected chi connectivity index (χ3v) is 4.56. The zero-order valence-corrected chi connectivity index (χ0v) is 15.6. The summed E-state index contributed by atoms with van der Waals surface area (Å²) in [5, 5.41) is 12.5. The van der Waals surface area contributed by atoms with Crippen molar-refractivity contribution in [3.05, 3.63) is 82.5 Å². The Morgan fingerprint density at radius 3 is 2.57 bits per heavy atom. The Labute approximate surface area is 161 Å². The molecule has 28 heavy (non-hydrogen) atoms. The largest absolute Gasteiger partial charge is 0.321 e. The number of hydrogen-bond donors (Lipinski definition) is 1. The molecule has 0 aliphatic carbocycles. The number of rotatable bonds is 4. The fourth-order valence-corrected chi connectivity index (χ4v) is 3.16. The van der Waals surface area contributed by atoms with Crippen molar-refractivity contribution in [1.29, 1.82) is 0 Å². The van der Waals surface area contributed by atoms with E-state index >= 15 is 0 Å². The van der Waals surface area contributed by atoms with Crippen LogP contribution in [0.15, 0.2) is 65.6 Å². The molecular weight excluding hydrogens is 354 g/mol. The summed E-state index contributed by atoms with van der Waals surface area (Å²) in [6.07, 6.45) is 1.73. The molecule has 0 aliphatic rings. The van der Waals surface area contributed by atoms with E-state index in [0.29, 0.717) is 23.0 Å². The second-order valence-corrected chi connectivity index (χ2v) is 6.40. The topological polar surface area (TPSA) is 81.8 Å². The van der Waals surface area contributed by atoms with Crippen LogP contribution in [-0.2, 0) is 6.54 Å². The number of aryl methyl sites for hydroxylation is 2. The molecule has 1 N–H and O–H groups in total. The minimum Gasteiger partial charge on any atom is -0.321 e. The number of fused-ring (bicyclic) bond motifs is 1. The summed E-state index contributed by atoms with van der Waals surface area (Å²) in [7, 11) is 0. The lowest BCUT2D eigenvalue weighted by atomic mass is 10.1. The lowest BCUT2D eigenvalue weighted by molar-refractivity contribution is 0.102. The summed E-state index contributed by atoms with van der Waals surface area (Å²) >= 11 is 0. The highest BCUT2D eigenvalue weighted by atomic mass is 16.2. The van der Waals surface area contributed by atoms with Crippen molar-refractivity contribution in [2.75, 3.05) is 5.32 Å². The van der Waals surface area contributed by atoms with Crippen LogP contribution in [0.1, 0.15) is 23.1 Å². The van der Waals surface area contributed by atoms with E-state index in [9.17, 15) is 9.59 Å². The van der Waals surface area contributed by atoms with Crippen LogP contribution in [0.4, 0.5) is 5.69 Å². The fourth-order valence-electron chi connectivity index (χ4n) is 3.16. The van der Waals surface area contributed by atoms with E-state index in [1.807, 2.05) is 38.1 Å². The van der Waals surface area contributed by atoms with Crippen molar-refractivity contribution in [2.45, 2.75) is 20.4 Å². The molecule has 4 rings (SSSR count). The summed E-state index contributed by atoms with van der Waals surface area (Å²) in [6, 6.07) is 16.3. The van der Waals surface area contributed by atoms with E-state index < -0.39 is 0 Å². The molecule has 2 heterocycles. The molecular formula is C21H19N5O2. The van der Waals surface area contributed by atoms with E-state index in [-0.39, 0.29) is 17.2 Å². The molecule has 7 nitrogen and oxygen atoms in total. The average Bonchev–Trinajstić information content (AvgIpc) is 3.14. The molecule has 0 unspecified atom stereocenters. The summed E-state index contributed by atoms with van der Waals surface area (Å²) in [5.74, 6) is -0.368. The van der Waals surface area contributed by atoms with E-state index in [4.69, 9.17) is 0 Å². The monoisotopic (exact) mass is 373 g/mol. The second kappa shape index (κ2) is 7.11. The first-order valence-electron chi connectivity index (χ1n) is 9.00. The Bertz CT molecular complexity index is 1240. The van der Waals surface area contributed by atoms with Gasteiger partial charge >= 0.3 is 0 Å². The number of benzene rings is 2. The van der Waals surface area contributed by atoms with Gasteiger partial charge in [-0.1, -0.05) is 24.3 Å². The second-order valence-electron chi connectivity index (χ2n) is 6.40. The Hall–Kier alpha value is -3.74. The molecule has 0 atom stereocenters. The number of carbonyl (C=O) groups is 1. The highest BCUT2D eigenvalue weighted by molar-refractivity contribution is 6.11. The maximum atomic E-state index is 13.0. The quantitative estimate of drug-likeness (QED) is 0.596. The maximum Gasteiger partial charge on any atom is 0.276 e. The number of aromatic nitrogens is 4. The van der Waals surface area contributed by atoms with Crippen molar-refractivity contribution in [3.63, 3.8) is 0 Å². The molecule has 0 fully saturated rings. The molecule has 0 spiro atoms. The van der Waals surface area contributed by atoms with Crippen LogP contribution in [0.2, 0.25) is 0 Å². The van der Waals surface area contributed by atoms with Crippen molar-refractivity contribution in [1.82, 2.24) is 19.6 Å². The van der Waals surface area contributed by atoms with Crippen molar-refractivity contribution in [2.24, 2.45) is 0 Å². The van der Waals surface area contributed by atoms with Crippen molar-refractivity contribution in [3.8, 4) is 5.69 Å². The summed E-state index contributed by atoms with van der Waals surface area (Å²) < 4.78 is 3.10. The Kier molecular flexibility index (Phi) is 4.49. The van der Waals surface area contributed by atoms with Crippen LogP contribution in [-0.4, -0.2) is 25.5 Å². The molecule has 4 aromatic rings. The lowest BCUT2D eigenvalue weighted by Crippen LogP contribution is -2.27. The molecule has 0 bridgehead atoms. The molecule has 0 saturated carbocycles. The third kappa shape index (κ3) is 3.07. The van der Waals surface area contributed by atoms with E-state index in [1.54, 1.807) is 41.2 Å². The van der Waals surface area contributed by atoms with E-state index in [1.165, 1.54) is 4.68 Å². The number of amides is 1. The predicted octanol–water partition coefficient (Wildman–Crippen LogP) is 3.16. The van der Waals surface area contributed by atoms with Crippen LogP contribution >= 0.6 is 0 Å². The zero-order chi connectivity index (χ0) is 19.7. The zero-order valence-electron chi connectivity index (χ0n) is 15.6. The van der Waals surface area contributed by atoms with Crippen LogP contribution < -0.4 is 10.9 Å². The Balaban J connectivity index is 1.73. The van der Waals surface area contributed by atoms with E-state index in [2.05, 4.69) is 15.5 Å². The molecule has 0 radical (unpaired) electrons. The first kappa shape index (κ1) is 17.7. The first-order chi connectivity index (χ1) is 13.6. The smallest absolute Gasteiger partial charge is 0.276 e. The molecule has 0 saturated heterocycles. The standard InChI is InChI=1S/C21H19N5O2/c1-3-25-21(28)18-10-5-4-9-17(18)19(24-25)20(27)23-15-7-6-8-16(13-15)26-14(2)11-12-22-26/h4-13H,3H2,1-2H3,(H,23,27). The van der Waals surface area contributed by atoms with Gasteiger partial charge < -0.3 is 5.32 Å². The van der Waals surface area contributed by atoms with Gasteiger partial charge in [0.2, 0.25) is 0 Å². The molecule has 2 aromatic heterocycles. The van der Waals surface area contributed by atoms with Gasteiger partial charge in [-0.15, -0.1) is 0 Å². The Morgan fingerprint density at radius 2 is 1.86 bits per heavy atom. The van der Waals surface area contributed by atoms with Gasteiger partial charge in [0.05, 0.1) is 11.1 Å². The van der Waals surface area contributed by atoms with Crippen LogP contribution in [0.3, 0.4) is 0 Å². The van der Waals surface area contributed by atoms with Gasteiger partial charge in [0, 0.05) is 29.5 Å². The number of hydrogen-bond acceptors (Lipinski definition) is 4. The average molecular weight is 373 g/mol.